The van der Waals surface area contributed by atoms with Crippen LogP contribution in [0.2, 0.25) is 0 Å². The Morgan fingerprint density at radius 1 is 1.31 bits per heavy atom. The molecule has 0 saturated heterocycles. The molecule has 0 spiro atoms. The summed E-state index contributed by atoms with van der Waals surface area (Å²) >= 11 is 4.40. The first-order chi connectivity index (χ1) is 13.9. The summed E-state index contributed by atoms with van der Waals surface area (Å²) in [4.78, 5) is 25.6. The molecule has 1 aromatic carbocycles. The van der Waals surface area contributed by atoms with Gasteiger partial charge in [0.05, 0.1) is 24.9 Å². The molecule has 29 heavy (non-hydrogen) atoms. The molecule has 8 heteroatoms. The Kier molecular flexibility index (Phi) is 7.72. The zero-order valence-electron chi connectivity index (χ0n) is 16.0. The van der Waals surface area contributed by atoms with Crippen molar-refractivity contribution in [3.63, 3.8) is 0 Å². The lowest BCUT2D eigenvalue weighted by Gasteiger charge is -2.06. The number of ether oxygens (including phenoxy) is 2. The Hall–Kier alpha value is -2.94. The number of allylic oxidation sites excluding steroid dienone is 1. The van der Waals surface area contributed by atoms with Gasteiger partial charge in [-0.25, -0.2) is 4.79 Å². The highest BCUT2D eigenvalue weighted by Gasteiger charge is 2.23. The van der Waals surface area contributed by atoms with Crippen molar-refractivity contribution in [1.29, 1.82) is 10.5 Å². The SMILES string of the molecule is CCOC(=O)c1sc(CC(=O)/C(C#N)=C/c2cc(Br)ccc2OC)c(C#N)c1C. The van der Waals surface area contributed by atoms with Gasteiger partial charge in [-0.05, 0) is 43.7 Å². The Balaban J connectivity index is 2.40. The molecule has 0 N–H and O–H groups in total. The van der Waals surface area contributed by atoms with E-state index in [0.717, 1.165) is 15.8 Å². The summed E-state index contributed by atoms with van der Waals surface area (Å²) in [5.74, 6) is -0.467. The predicted molar refractivity (Wildman–Crippen MR) is 113 cm³/mol. The first-order valence-electron chi connectivity index (χ1n) is 8.54. The van der Waals surface area contributed by atoms with Crippen LogP contribution in [0.3, 0.4) is 0 Å². The molecule has 0 aliphatic heterocycles. The maximum atomic E-state index is 12.8. The highest BCUT2D eigenvalue weighted by Crippen LogP contribution is 2.30. The monoisotopic (exact) mass is 472 g/mol. The third-order valence-electron chi connectivity index (χ3n) is 4.03. The summed E-state index contributed by atoms with van der Waals surface area (Å²) in [5.41, 5.74) is 1.24. The fourth-order valence-corrected chi connectivity index (χ4v) is 4.15. The van der Waals surface area contributed by atoms with Gasteiger partial charge in [0.25, 0.3) is 0 Å². The lowest BCUT2D eigenvalue weighted by atomic mass is 10.0. The Labute approximate surface area is 181 Å². The molecule has 6 nitrogen and oxygen atoms in total. The van der Waals surface area contributed by atoms with E-state index in [0.29, 0.717) is 26.6 Å². The molecule has 0 aliphatic carbocycles. The second-order valence-electron chi connectivity index (χ2n) is 5.84. The molecule has 1 aromatic heterocycles. The molecular formula is C21H17BrN2O4S. The maximum Gasteiger partial charge on any atom is 0.348 e. The normalized spacial score (nSPS) is 10.8. The standard InChI is InChI=1S/C21H17BrN2O4S/c1-4-28-21(26)20-12(2)16(11-24)19(29-20)9-17(25)14(10-23)7-13-8-15(22)5-6-18(13)27-3/h5-8H,4,9H2,1-3H3/b14-7+. The number of ketones is 1. The molecule has 0 unspecified atom stereocenters. The van der Waals surface area contributed by atoms with Gasteiger partial charge in [-0.3, -0.25) is 4.79 Å². The minimum absolute atomic E-state index is 0.0750. The number of hydrogen-bond acceptors (Lipinski definition) is 7. The number of carbonyl (C=O) groups is 2. The number of methoxy groups -OCH3 is 1. The summed E-state index contributed by atoms with van der Waals surface area (Å²) in [6.45, 7) is 3.54. The number of esters is 1. The molecule has 0 saturated carbocycles. The van der Waals surface area contributed by atoms with Crippen molar-refractivity contribution in [1.82, 2.24) is 0 Å². The van der Waals surface area contributed by atoms with Gasteiger partial charge in [-0.15, -0.1) is 11.3 Å². The molecule has 2 aromatic rings. The van der Waals surface area contributed by atoms with Crippen molar-refractivity contribution in [2.45, 2.75) is 20.3 Å². The molecule has 0 bridgehead atoms. The predicted octanol–water partition coefficient (Wildman–Crippen LogP) is 4.59. The van der Waals surface area contributed by atoms with E-state index in [4.69, 9.17) is 9.47 Å². The molecule has 2 rings (SSSR count). The van der Waals surface area contributed by atoms with Crippen molar-refractivity contribution in [3.05, 3.63) is 54.7 Å². The Morgan fingerprint density at radius 2 is 2.03 bits per heavy atom. The molecular weight excluding hydrogens is 456 g/mol. The van der Waals surface area contributed by atoms with Gasteiger partial charge in [-0.1, -0.05) is 15.9 Å². The minimum atomic E-state index is -0.528. The molecule has 1 heterocycles. The van der Waals surface area contributed by atoms with Crippen LogP contribution < -0.4 is 4.74 Å². The van der Waals surface area contributed by atoms with Crippen LogP contribution in [-0.4, -0.2) is 25.5 Å². The zero-order chi connectivity index (χ0) is 21.6. The van der Waals surface area contributed by atoms with Crippen LogP contribution >= 0.6 is 27.3 Å². The van der Waals surface area contributed by atoms with E-state index < -0.39 is 11.8 Å². The zero-order valence-corrected chi connectivity index (χ0v) is 18.4. The molecule has 148 valence electrons. The molecule has 0 atom stereocenters. The van der Waals surface area contributed by atoms with E-state index in [1.165, 1.54) is 13.2 Å². The molecule has 0 aliphatic rings. The third kappa shape index (κ3) is 5.11. The fraction of sp³-hybridized carbons (Fsp3) is 0.238. The van der Waals surface area contributed by atoms with Gasteiger partial charge in [-0.2, -0.15) is 10.5 Å². The summed E-state index contributed by atoms with van der Waals surface area (Å²) < 4.78 is 11.0. The summed E-state index contributed by atoms with van der Waals surface area (Å²) in [5, 5.41) is 18.9. The Bertz CT molecular complexity index is 1070. The van der Waals surface area contributed by atoms with Crippen molar-refractivity contribution >= 4 is 45.1 Å². The van der Waals surface area contributed by atoms with Gasteiger partial charge < -0.3 is 9.47 Å². The van der Waals surface area contributed by atoms with Gasteiger partial charge >= 0.3 is 5.97 Å². The number of hydrogen-bond donors (Lipinski definition) is 0. The van der Waals surface area contributed by atoms with Crippen molar-refractivity contribution in [2.24, 2.45) is 0 Å². The lowest BCUT2D eigenvalue weighted by molar-refractivity contribution is -0.114. The molecule has 0 fully saturated rings. The minimum Gasteiger partial charge on any atom is -0.496 e. The highest BCUT2D eigenvalue weighted by molar-refractivity contribution is 9.10. The van der Waals surface area contributed by atoms with Gasteiger partial charge in [0.2, 0.25) is 0 Å². The van der Waals surface area contributed by atoms with Crippen LogP contribution in [0.5, 0.6) is 5.75 Å². The number of Topliss-reactive ketones (excluding diaryl/α,β-unsaturated/α-hetero) is 1. The number of thiophene rings is 1. The van der Waals surface area contributed by atoms with Crippen LogP contribution in [0.1, 0.15) is 38.2 Å². The fourth-order valence-electron chi connectivity index (χ4n) is 2.63. The van der Waals surface area contributed by atoms with Crippen LogP contribution in [0.4, 0.5) is 0 Å². The number of rotatable bonds is 7. The van der Waals surface area contributed by atoms with Gasteiger partial charge in [0.15, 0.2) is 5.78 Å². The number of nitrogens with zero attached hydrogens (tertiary/aromatic N) is 2. The summed E-state index contributed by atoms with van der Waals surface area (Å²) in [7, 11) is 1.50. The number of carbonyl (C=O) groups excluding carboxylic acids is 2. The Morgan fingerprint density at radius 3 is 2.62 bits per heavy atom. The second kappa shape index (κ2) is 10.0. The number of nitriles is 2. The van der Waals surface area contributed by atoms with E-state index >= 15 is 0 Å². The smallest absolute Gasteiger partial charge is 0.348 e. The highest BCUT2D eigenvalue weighted by atomic mass is 79.9. The second-order valence-corrected chi connectivity index (χ2v) is 7.86. The van der Waals surface area contributed by atoms with Crippen molar-refractivity contribution < 1.29 is 19.1 Å². The summed E-state index contributed by atoms with van der Waals surface area (Å²) in [6, 6.07) is 9.20. The van der Waals surface area contributed by atoms with Gasteiger partial charge in [0, 0.05) is 21.3 Å². The van der Waals surface area contributed by atoms with Crippen molar-refractivity contribution in [2.75, 3.05) is 13.7 Å². The molecule has 0 radical (unpaired) electrons. The van der Waals surface area contributed by atoms with Gasteiger partial charge in [0.1, 0.15) is 22.8 Å². The number of halogens is 1. The average Bonchev–Trinajstić information content (AvgIpc) is 3.01. The first-order valence-corrected chi connectivity index (χ1v) is 10.1. The van der Waals surface area contributed by atoms with Crippen LogP contribution in [-0.2, 0) is 16.0 Å². The van der Waals surface area contributed by atoms with E-state index in [-0.39, 0.29) is 24.2 Å². The summed E-state index contributed by atoms with van der Waals surface area (Å²) in [6.07, 6.45) is 1.29. The first kappa shape index (κ1) is 22.4. The van der Waals surface area contributed by atoms with E-state index in [1.807, 2.05) is 12.1 Å². The largest absolute Gasteiger partial charge is 0.496 e. The molecule has 0 amide bonds. The maximum absolute atomic E-state index is 12.8. The lowest BCUT2D eigenvalue weighted by Crippen LogP contribution is -2.05. The van der Waals surface area contributed by atoms with Crippen LogP contribution in [0.15, 0.2) is 28.2 Å². The van der Waals surface area contributed by atoms with Crippen LogP contribution in [0.25, 0.3) is 6.08 Å². The van der Waals surface area contributed by atoms with Crippen LogP contribution in [0, 0.1) is 29.6 Å². The third-order valence-corrected chi connectivity index (χ3v) is 5.79. The van der Waals surface area contributed by atoms with E-state index in [1.54, 1.807) is 32.0 Å². The van der Waals surface area contributed by atoms with E-state index in [9.17, 15) is 20.1 Å². The average molecular weight is 473 g/mol. The van der Waals surface area contributed by atoms with Crippen molar-refractivity contribution in [3.8, 4) is 17.9 Å². The topological polar surface area (TPSA) is 100 Å². The quantitative estimate of drug-likeness (QED) is 0.331. The number of benzene rings is 1. The van der Waals surface area contributed by atoms with E-state index in [2.05, 4.69) is 15.9 Å².